The zero-order chi connectivity index (χ0) is 16.4. The summed E-state index contributed by atoms with van der Waals surface area (Å²) in [6, 6.07) is 11.2. The third-order valence-electron chi connectivity index (χ3n) is 3.73. The van der Waals surface area contributed by atoms with Gasteiger partial charge in [-0.15, -0.1) is 0 Å². The average molecular weight is 313 g/mol. The first-order valence-electron chi connectivity index (χ1n) is 7.27. The van der Waals surface area contributed by atoms with Gasteiger partial charge in [0.15, 0.2) is 0 Å². The van der Waals surface area contributed by atoms with Crippen LogP contribution in [-0.2, 0) is 0 Å². The molecule has 5 nitrogen and oxygen atoms in total. The summed E-state index contributed by atoms with van der Waals surface area (Å²) >= 11 is 0. The van der Waals surface area contributed by atoms with E-state index in [4.69, 9.17) is 0 Å². The fourth-order valence-electron chi connectivity index (χ4n) is 2.38. The zero-order valence-electron chi connectivity index (χ0n) is 12.6. The van der Waals surface area contributed by atoms with Crippen molar-refractivity contribution in [3.8, 4) is 0 Å². The molecule has 0 atom stereocenters. The number of aryl methyl sites for hydroxylation is 1. The van der Waals surface area contributed by atoms with Crippen LogP contribution < -0.4 is 15.5 Å². The van der Waals surface area contributed by atoms with Crippen molar-refractivity contribution < 1.29 is 14.0 Å². The summed E-state index contributed by atoms with van der Waals surface area (Å²) in [5.74, 6) is -0.788. The molecule has 0 bridgehead atoms. The average Bonchev–Trinajstić information content (AvgIpc) is 2.97. The molecule has 6 heteroatoms. The van der Waals surface area contributed by atoms with E-state index in [0.717, 1.165) is 5.69 Å². The van der Waals surface area contributed by atoms with Gasteiger partial charge in [-0.2, -0.15) is 0 Å². The Morgan fingerprint density at radius 2 is 1.96 bits per heavy atom. The van der Waals surface area contributed by atoms with E-state index in [2.05, 4.69) is 10.6 Å². The molecule has 3 amide bonds. The van der Waals surface area contributed by atoms with Gasteiger partial charge in [0, 0.05) is 30.0 Å². The van der Waals surface area contributed by atoms with Crippen LogP contribution in [0, 0.1) is 12.7 Å². The molecule has 118 valence electrons. The Hall–Kier alpha value is -2.89. The number of hydrogen-bond donors (Lipinski definition) is 2. The Bertz CT molecular complexity index is 759. The SMILES string of the molecule is Cc1ccc(C(=O)Nc2ccc(N3CCNC3=O)cc2)cc1F. The molecule has 0 saturated carbocycles. The van der Waals surface area contributed by atoms with Gasteiger partial charge in [-0.1, -0.05) is 6.07 Å². The highest BCUT2D eigenvalue weighted by atomic mass is 19.1. The van der Waals surface area contributed by atoms with Crippen LogP contribution in [0.3, 0.4) is 0 Å². The van der Waals surface area contributed by atoms with Crippen molar-refractivity contribution in [2.45, 2.75) is 6.92 Å². The van der Waals surface area contributed by atoms with E-state index < -0.39 is 5.82 Å². The molecule has 0 aromatic heterocycles. The summed E-state index contributed by atoms with van der Waals surface area (Å²) in [5.41, 5.74) is 2.10. The number of halogens is 1. The van der Waals surface area contributed by atoms with Crippen LogP contribution in [0.1, 0.15) is 15.9 Å². The summed E-state index contributed by atoms with van der Waals surface area (Å²) in [6.07, 6.45) is 0. The summed E-state index contributed by atoms with van der Waals surface area (Å²) in [6.45, 7) is 2.88. The van der Waals surface area contributed by atoms with Crippen molar-refractivity contribution in [3.05, 3.63) is 59.4 Å². The lowest BCUT2D eigenvalue weighted by atomic mass is 10.1. The number of carbonyl (C=O) groups is 2. The van der Waals surface area contributed by atoms with Gasteiger partial charge in [-0.05, 0) is 48.9 Å². The first-order chi connectivity index (χ1) is 11.0. The van der Waals surface area contributed by atoms with Crippen LogP contribution in [-0.4, -0.2) is 25.0 Å². The number of hydrogen-bond acceptors (Lipinski definition) is 2. The second kappa shape index (κ2) is 6.08. The van der Waals surface area contributed by atoms with E-state index >= 15 is 0 Å². The maximum absolute atomic E-state index is 13.5. The van der Waals surface area contributed by atoms with E-state index in [1.165, 1.54) is 6.07 Å². The minimum absolute atomic E-state index is 0.128. The predicted molar refractivity (Wildman–Crippen MR) is 86.3 cm³/mol. The largest absolute Gasteiger partial charge is 0.336 e. The minimum atomic E-state index is -0.409. The third-order valence-corrected chi connectivity index (χ3v) is 3.73. The van der Waals surface area contributed by atoms with Crippen molar-refractivity contribution in [2.75, 3.05) is 23.3 Å². The van der Waals surface area contributed by atoms with Gasteiger partial charge < -0.3 is 10.6 Å². The van der Waals surface area contributed by atoms with Crippen LogP contribution in [0.25, 0.3) is 0 Å². The Balaban J connectivity index is 1.71. The summed E-state index contributed by atoms with van der Waals surface area (Å²) in [7, 11) is 0. The number of urea groups is 1. The van der Waals surface area contributed by atoms with Crippen molar-refractivity contribution in [1.82, 2.24) is 5.32 Å². The molecule has 2 aromatic rings. The Morgan fingerprint density at radius 3 is 2.57 bits per heavy atom. The number of nitrogens with zero attached hydrogens (tertiary/aromatic N) is 1. The van der Waals surface area contributed by atoms with Crippen molar-refractivity contribution in [2.24, 2.45) is 0 Å². The van der Waals surface area contributed by atoms with Gasteiger partial charge in [0.1, 0.15) is 5.82 Å². The lowest BCUT2D eigenvalue weighted by Crippen LogP contribution is -2.27. The molecule has 1 saturated heterocycles. The Morgan fingerprint density at radius 1 is 1.22 bits per heavy atom. The molecule has 3 rings (SSSR count). The van der Waals surface area contributed by atoms with Crippen LogP contribution >= 0.6 is 0 Å². The smallest absolute Gasteiger partial charge is 0.321 e. The first kappa shape index (κ1) is 15.0. The van der Waals surface area contributed by atoms with E-state index in [0.29, 0.717) is 24.3 Å². The first-order valence-corrected chi connectivity index (χ1v) is 7.27. The molecule has 2 aromatic carbocycles. The molecule has 0 unspecified atom stereocenters. The number of anilines is 2. The Kier molecular flexibility index (Phi) is 3.97. The molecule has 23 heavy (non-hydrogen) atoms. The summed E-state index contributed by atoms with van der Waals surface area (Å²) in [5, 5.41) is 5.44. The third kappa shape index (κ3) is 3.15. The molecular weight excluding hydrogens is 297 g/mol. The molecule has 0 radical (unpaired) electrons. The van der Waals surface area contributed by atoms with Crippen LogP contribution in [0.4, 0.5) is 20.6 Å². The number of rotatable bonds is 3. The molecule has 1 heterocycles. The fraction of sp³-hybridized carbons (Fsp3) is 0.176. The lowest BCUT2D eigenvalue weighted by Gasteiger charge is -2.14. The topological polar surface area (TPSA) is 61.4 Å². The maximum atomic E-state index is 13.5. The van der Waals surface area contributed by atoms with E-state index in [1.54, 1.807) is 48.2 Å². The second-order valence-corrected chi connectivity index (χ2v) is 5.35. The molecule has 0 aliphatic carbocycles. The monoisotopic (exact) mass is 313 g/mol. The van der Waals surface area contributed by atoms with Crippen molar-refractivity contribution in [3.63, 3.8) is 0 Å². The highest BCUT2D eigenvalue weighted by Crippen LogP contribution is 2.20. The summed E-state index contributed by atoms with van der Waals surface area (Å²) < 4.78 is 13.5. The van der Waals surface area contributed by atoms with Crippen molar-refractivity contribution in [1.29, 1.82) is 0 Å². The highest BCUT2D eigenvalue weighted by molar-refractivity contribution is 6.04. The number of nitrogens with one attached hydrogen (secondary N) is 2. The highest BCUT2D eigenvalue weighted by Gasteiger charge is 2.20. The quantitative estimate of drug-likeness (QED) is 0.915. The molecule has 0 spiro atoms. The molecule has 1 aliphatic rings. The maximum Gasteiger partial charge on any atom is 0.321 e. The predicted octanol–water partition coefficient (Wildman–Crippen LogP) is 2.92. The van der Waals surface area contributed by atoms with E-state index in [9.17, 15) is 14.0 Å². The zero-order valence-corrected chi connectivity index (χ0v) is 12.6. The van der Waals surface area contributed by atoms with Gasteiger partial charge in [0.2, 0.25) is 0 Å². The van der Waals surface area contributed by atoms with Gasteiger partial charge in [0.25, 0.3) is 5.91 Å². The second-order valence-electron chi connectivity index (χ2n) is 5.35. The number of carbonyl (C=O) groups excluding carboxylic acids is 2. The summed E-state index contributed by atoms with van der Waals surface area (Å²) in [4.78, 5) is 25.3. The van der Waals surface area contributed by atoms with Crippen LogP contribution in [0.15, 0.2) is 42.5 Å². The molecule has 1 aliphatic heterocycles. The minimum Gasteiger partial charge on any atom is -0.336 e. The molecule has 2 N–H and O–H groups in total. The number of benzene rings is 2. The van der Waals surface area contributed by atoms with Gasteiger partial charge in [0.05, 0.1) is 0 Å². The standard InChI is InChI=1S/C17H16FN3O2/c1-11-2-3-12(10-15(11)18)16(22)20-13-4-6-14(7-5-13)21-9-8-19-17(21)23/h2-7,10H,8-9H2,1H3,(H,19,23)(H,20,22). The van der Waals surface area contributed by atoms with Gasteiger partial charge in [-0.3, -0.25) is 9.69 Å². The van der Waals surface area contributed by atoms with Crippen molar-refractivity contribution >= 4 is 23.3 Å². The molecular formula is C17H16FN3O2. The van der Waals surface area contributed by atoms with Crippen LogP contribution in [0.2, 0.25) is 0 Å². The number of amides is 3. The van der Waals surface area contributed by atoms with E-state index in [-0.39, 0.29) is 17.5 Å². The van der Waals surface area contributed by atoms with Gasteiger partial charge >= 0.3 is 6.03 Å². The van der Waals surface area contributed by atoms with E-state index in [1.807, 2.05) is 0 Å². The van der Waals surface area contributed by atoms with Gasteiger partial charge in [-0.25, -0.2) is 9.18 Å². The molecule has 1 fully saturated rings. The fourth-order valence-corrected chi connectivity index (χ4v) is 2.38. The normalized spacial score (nSPS) is 13.8. The van der Waals surface area contributed by atoms with Crippen LogP contribution in [0.5, 0.6) is 0 Å². The Labute approximate surface area is 133 Å². The lowest BCUT2D eigenvalue weighted by molar-refractivity contribution is 0.102.